The lowest BCUT2D eigenvalue weighted by Gasteiger charge is -2.11. The van der Waals surface area contributed by atoms with Gasteiger partial charge in [0, 0.05) is 11.8 Å². The summed E-state index contributed by atoms with van der Waals surface area (Å²) in [6.45, 7) is 2.03. The maximum Gasteiger partial charge on any atom is 0.339 e. The summed E-state index contributed by atoms with van der Waals surface area (Å²) >= 11 is 0. The standard InChI is InChI=1S/C21H16N2O3/c1-13-2-3-14-4-6-18(9-16(14)8-13)26-20-7-5-15(10-19(20)21(24)25)17-11-22-23-12-17/h2-12H,1H3,(H,22,23)(H,24,25). The van der Waals surface area contributed by atoms with Crippen molar-refractivity contribution in [1.82, 2.24) is 10.2 Å². The quantitative estimate of drug-likeness (QED) is 0.544. The van der Waals surface area contributed by atoms with Crippen molar-refractivity contribution in [2.75, 3.05) is 0 Å². The predicted molar refractivity (Wildman–Crippen MR) is 99.7 cm³/mol. The molecule has 128 valence electrons. The van der Waals surface area contributed by atoms with Crippen LogP contribution < -0.4 is 4.74 Å². The number of nitrogens with zero attached hydrogens (tertiary/aromatic N) is 1. The number of carboxylic acid groups (broad SMARTS) is 1. The molecule has 0 aliphatic carbocycles. The Balaban J connectivity index is 1.72. The molecule has 4 aromatic rings. The third kappa shape index (κ3) is 3.02. The van der Waals surface area contributed by atoms with E-state index in [-0.39, 0.29) is 5.56 Å². The van der Waals surface area contributed by atoms with Crippen LogP contribution in [0, 0.1) is 6.92 Å². The molecule has 0 aliphatic heterocycles. The van der Waals surface area contributed by atoms with Gasteiger partial charge in [0.1, 0.15) is 17.1 Å². The van der Waals surface area contributed by atoms with Gasteiger partial charge in [-0.05, 0) is 47.5 Å². The lowest BCUT2D eigenvalue weighted by molar-refractivity contribution is 0.0694. The van der Waals surface area contributed by atoms with Crippen molar-refractivity contribution in [1.29, 1.82) is 0 Å². The Morgan fingerprint density at radius 2 is 1.85 bits per heavy atom. The van der Waals surface area contributed by atoms with Crippen molar-refractivity contribution in [3.05, 3.63) is 78.1 Å². The molecule has 5 nitrogen and oxygen atoms in total. The van der Waals surface area contributed by atoms with Crippen LogP contribution >= 0.6 is 0 Å². The average molecular weight is 344 g/mol. The number of aryl methyl sites for hydroxylation is 1. The zero-order valence-electron chi connectivity index (χ0n) is 14.1. The average Bonchev–Trinajstić information content (AvgIpc) is 3.16. The van der Waals surface area contributed by atoms with Gasteiger partial charge in [-0.2, -0.15) is 5.10 Å². The molecule has 1 heterocycles. The third-order valence-corrected chi connectivity index (χ3v) is 4.24. The molecule has 0 spiro atoms. The number of fused-ring (bicyclic) bond motifs is 1. The van der Waals surface area contributed by atoms with Crippen LogP contribution in [0.5, 0.6) is 11.5 Å². The van der Waals surface area contributed by atoms with E-state index in [2.05, 4.69) is 28.4 Å². The smallest absolute Gasteiger partial charge is 0.339 e. The summed E-state index contributed by atoms with van der Waals surface area (Å²) in [5.74, 6) is -0.139. The number of carbonyl (C=O) groups is 1. The molecule has 0 amide bonds. The molecule has 0 bridgehead atoms. The fourth-order valence-corrected chi connectivity index (χ4v) is 2.91. The summed E-state index contributed by atoms with van der Waals surface area (Å²) in [6, 6.07) is 17.0. The van der Waals surface area contributed by atoms with Crippen molar-refractivity contribution >= 4 is 16.7 Å². The van der Waals surface area contributed by atoms with Gasteiger partial charge in [0.05, 0.1) is 6.20 Å². The van der Waals surface area contributed by atoms with Gasteiger partial charge in [-0.15, -0.1) is 0 Å². The van der Waals surface area contributed by atoms with Gasteiger partial charge in [0.15, 0.2) is 0 Å². The van der Waals surface area contributed by atoms with Crippen LogP contribution in [0.3, 0.4) is 0 Å². The monoisotopic (exact) mass is 344 g/mol. The summed E-state index contributed by atoms with van der Waals surface area (Å²) in [5.41, 5.74) is 2.84. The van der Waals surface area contributed by atoms with E-state index in [1.54, 1.807) is 24.5 Å². The number of aromatic amines is 1. The van der Waals surface area contributed by atoms with E-state index in [1.165, 1.54) is 0 Å². The number of aromatic carboxylic acids is 1. The highest BCUT2D eigenvalue weighted by molar-refractivity contribution is 5.93. The van der Waals surface area contributed by atoms with Crippen LogP contribution in [0.2, 0.25) is 0 Å². The van der Waals surface area contributed by atoms with Gasteiger partial charge in [-0.3, -0.25) is 5.10 Å². The zero-order chi connectivity index (χ0) is 18.1. The Hall–Kier alpha value is -3.60. The normalized spacial score (nSPS) is 10.8. The predicted octanol–water partition coefficient (Wildman–Crippen LogP) is 5.03. The van der Waals surface area contributed by atoms with Crippen LogP contribution in [0.25, 0.3) is 21.9 Å². The molecule has 0 saturated carbocycles. The third-order valence-electron chi connectivity index (χ3n) is 4.24. The van der Waals surface area contributed by atoms with Crippen molar-refractivity contribution in [3.8, 4) is 22.6 Å². The molecule has 26 heavy (non-hydrogen) atoms. The Morgan fingerprint density at radius 1 is 1.00 bits per heavy atom. The molecule has 0 atom stereocenters. The molecule has 5 heteroatoms. The van der Waals surface area contributed by atoms with E-state index < -0.39 is 5.97 Å². The van der Waals surface area contributed by atoms with Gasteiger partial charge >= 0.3 is 5.97 Å². The van der Waals surface area contributed by atoms with Crippen LogP contribution in [0.15, 0.2) is 67.0 Å². The summed E-state index contributed by atoms with van der Waals surface area (Å²) in [7, 11) is 0. The van der Waals surface area contributed by atoms with Crippen LogP contribution in [0.1, 0.15) is 15.9 Å². The molecule has 0 aliphatic rings. The minimum absolute atomic E-state index is 0.105. The van der Waals surface area contributed by atoms with Crippen LogP contribution in [0.4, 0.5) is 0 Å². The Labute approximate surface area is 149 Å². The van der Waals surface area contributed by atoms with E-state index in [9.17, 15) is 9.90 Å². The first-order valence-corrected chi connectivity index (χ1v) is 8.15. The first-order valence-electron chi connectivity index (χ1n) is 8.15. The van der Waals surface area contributed by atoms with Gasteiger partial charge < -0.3 is 9.84 Å². The van der Waals surface area contributed by atoms with Crippen molar-refractivity contribution in [2.24, 2.45) is 0 Å². The summed E-state index contributed by atoms with van der Waals surface area (Å²) in [4.78, 5) is 11.7. The van der Waals surface area contributed by atoms with Crippen molar-refractivity contribution in [3.63, 3.8) is 0 Å². The van der Waals surface area contributed by atoms with Crippen molar-refractivity contribution < 1.29 is 14.6 Å². The fraction of sp³-hybridized carbons (Fsp3) is 0.0476. The molecule has 2 N–H and O–H groups in total. The van der Waals surface area contributed by atoms with Gasteiger partial charge in [0.2, 0.25) is 0 Å². The largest absolute Gasteiger partial charge is 0.478 e. The molecule has 0 fully saturated rings. The van der Waals surface area contributed by atoms with Crippen LogP contribution in [-0.4, -0.2) is 21.3 Å². The first-order chi connectivity index (χ1) is 12.6. The number of hydrogen-bond acceptors (Lipinski definition) is 3. The highest BCUT2D eigenvalue weighted by Gasteiger charge is 2.14. The minimum Gasteiger partial charge on any atom is -0.478 e. The molecule has 0 unspecified atom stereocenters. The number of benzene rings is 3. The summed E-state index contributed by atoms with van der Waals surface area (Å²) in [6.07, 6.45) is 3.36. The fourth-order valence-electron chi connectivity index (χ4n) is 2.91. The maximum absolute atomic E-state index is 11.7. The molecule has 0 saturated heterocycles. The number of aromatic nitrogens is 2. The second-order valence-electron chi connectivity index (χ2n) is 6.12. The van der Waals surface area contributed by atoms with E-state index in [4.69, 9.17) is 4.74 Å². The van der Waals surface area contributed by atoms with E-state index >= 15 is 0 Å². The highest BCUT2D eigenvalue weighted by Crippen LogP contribution is 2.31. The maximum atomic E-state index is 11.7. The van der Waals surface area contributed by atoms with Crippen LogP contribution in [-0.2, 0) is 0 Å². The Bertz CT molecular complexity index is 1100. The van der Waals surface area contributed by atoms with Gasteiger partial charge in [-0.25, -0.2) is 4.79 Å². The number of ether oxygens (including phenoxy) is 1. The number of nitrogens with one attached hydrogen (secondary N) is 1. The lowest BCUT2D eigenvalue weighted by atomic mass is 10.1. The van der Waals surface area contributed by atoms with Gasteiger partial charge in [0.25, 0.3) is 0 Å². The van der Waals surface area contributed by atoms with E-state index in [0.717, 1.165) is 27.5 Å². The molecule has 3 aromatic carbocycles. The molecule has 0 radical (unpaired) electrons. The summed E-state index contributed by atoms with van der Waals surface area (Å²) in [5, 5.41) is 18.3. The topological polar surface area (TPSA) is 75.2 Å². The molecule has 1 aromatic heterocycles. The second-order valence-corrected chi connectivity index (χ2v) is 6.12. The second kappa shape index (κ2) is 6.37. The molecule has 4 rings (SSSR count). The number of hydrogen-bond donors (Lipinski definition) is 2. The van der Waals surface area contributed by atoms with Gasteiger partial charge in [-0.1, -0.05) is 35.9 Å². The van der Waals surface area contributed by atoms with Crippen molar-refractivity contribution in [2.45, 2.75) is 6.92 Å². The Morgan fingerprint density at radius 3 is 2.62 bits per heavy atom. The minimum atomic E-state index is -1.04. The molecular weight excluding hydrogens is 328 g/mol. The highest BCUT2D eigenvalue weighted by atomic mass is 16.5. The number of rotatable bonds is 4. The Kier molecular flexibility index (Phi) is 3.89. The SMILES string of the molecule is Cc1ccc2ccc(Oc3ccc(-c4cn[nH]c4)cc3C(=O)O)cc2c1. The molecular formula is C21H16N2O3. The first kappa shape index (κ1) is 15.9. The van der Waals surface area contributed by atoms with E-state index in [0.29, 0.717) is 11.5 Å². The number of carboxylic acids is 1. The summed E-state index contributed by atoms with van der Waals surface area (Å²) < 4.78 is 5.89. The number of H-pyrrole nitrogens is 1. The zero-order valence-corrected chi connectivity index (χ0v) is 14.1. The lowest BCUT2D eigenvalue weighted by Crippen LogP contribution is -2.00. The van der Waals surface area contributed by atoms with E-state index in [1.807, 2.05) is 31.2 Å².